The van der Waals surface area contributed by atoms with Crippen molar-refractivity contribution in [2.75, 3.05) is 19.7 Å². The Labute approximate surface area is 124 Å². The Morgan fingerprint density at radius 2 is 2.05 bits per heavy atom. The summed E-state index contributed by atoms with van der Waals surface area (Å²) < 4.78 is 0. The zero-order chi connectivity index (χ0) is 14.5. The number of rotatable bonds is 6. The van der Waals surface area contributed by atoms with Crippen molar-refractivity contribution in [3.05, 3.63) is 0 Å². The molecule has 4 unspecified atom stereocenters. The molecule has 0 radical (unpaired) electrons. The maximum absolute atomic E-state index is 9.03. The van der Waals surface area contributed by atoms with E-state index in [0.717, 1.165) is 24.7 Å². The molecule has 0 amide bonds. The minimum absolute atomic E-state index is 0.336. The van der Waals surface area contributed by atoms with Gasteiger partial charge in [0.2, 0.25) is 0 Å². The van der Waals surface area contributed by atoms with E-state index in [9.17, 15) is 0 Å². The fourth-order valence-electron chi connectivity index (χ4n) is 4.23. The SMILES string of the molecule is CC(C)C1CCC(N)C(CN2CCCC2CCCO)C1. The number of hydrogen-bond donors (Lipinski definition) is 2. The first-order valence-corrected chi connectivity index (χ1v) is 8.72. The van der Waals surface area contributed by atoms with Crippen LogP contribution in [0.2, 0.25) is 0 Å². The van der Waals surface area contributed by atoms with Gasteiger partial charge in [-0.25, -0.2) is 0 Å². The molecule has 1 aliphatic carbocycles. The number of aliphatic hydroxyl groups is 1. The Morgan fingerprint density at radius 1 is 1.25 bits per heavy atom. The van der Waals surface area contributed by atoms with Gasteiger partial charge < -0.3 is 15.7 Å². The molecule has 2 fully saturated rings. The zero-order valence-corrected chi connectivity index (χ0v) is 13.4. The van der Waals surface area contributed by atoms with Gasteiger partial charge in [-0.3, -0.25) is 0 Å². The summed E-state index contributed by atoms with van der Waals surface area (Å²) in [6.45, 7) is 7.49. The molecule has 0 aromatic rings. The lowest BCUT2D eigenvalue weighted by Gasteiger charge is -2.39. The predicted octanol–water partition coefficient (Wildman–Crippen LogP) is 2.62. The number of nitrogens with zero attached hydrogens (tertiary/aromatic N) is 1. The minimum Gasteiger partial charge on any atom is -0.396 e. The smallest absolute Gasteiger partial charge is 0.0431 e. The van der Waals surface area contributed by atoms with E-state index in [4.69, 9.17) is 10.8 Å². The van der Waals surface area contributed by atoms with E-state index in [-0.39, 0.29) is 0 Å². The van der Waals surface area contributed by atoms with Crippen LogP contribution >= 0.6 is 0 Å². The van der Waals surface area contributed by atoms with Crippen molar-refractivity contribution in [3.63, 3.8) is 0 Å². The van der Waals surface area contributed by atoms with Crippen LogP contribution in [0.15, 0.2) is 0 Å². The zero-order valence-electron chi connectivity index (χ0n) is 13.4. The van der Waals surface area contributed by atoms with Crippen molar-refractivity contribution in [3.8, 4) is 0 Å². The first kappa shape index (κ1) is 16.3. The Hall–Kier alpha value is -0.120. The van der Waals surface area contributed by atoms with Crippen LogP contribution in [0, 0.1) is 17.8 Å². The quantitative estimate of drug-likeness (QED) is 0.787. The highest BCUT2D eigenvalue weighted by Gasteiger charge is 2.33. The fourth-order valence-corrected chi connectivity index (χ4v) is 4.23. The van der Waals surface area contributed by atoms with E-state index in [1.54, 1.807) is 0 Å². The van der Waals surface area contributed by atoms with Crippen LogP contribution in [-0.4, -0.2) is 41.8 Å². The van der Waals surface area contributed by atoms with Crippen LogP contribution in [0.1, 0.15) is 58.8 Å². The van der Waals surface area contributed by atoms with Crippen LogP contribution < -0.4 is 5.73 Å². The van der Waals surface area contributed by atoms with Crippen LogP contribution in [0.4, 0.5) is 0 Å². The van der Waals surface area contributed by atoms with E-state index in [1.807, 2.05) is 0 Å². The van der Waals surface area contributed by atoms with Crippen molar-refractivity contribution < 1.29 is 5.11 Å². The third-order valence-electron chi connectivity index (χ3n) is 5.69. The van der Waals surface area contributed by atoms with Crippen molar-refractivity contribution in [1.82, 2.24) is 4.90 Å². The Kier molecular flexibility index (Phi) is 6.31. The monoisotopic (exact) mass is 282 g/mol. The number of nitrogens with two attached hydrogens (primary N) is 1. The van der Waals surface area contributed by atoms with Crippen molar-refractivity contribution in [2.45, 2.75) is 70.9 Å². The van der Waals surface area contributed by atoms with E-state index in [2.05, 4.69) is 18.7 Å². The van der Waals surface area contributed by atoms with Gasteiger partial charge in [-0.15, -0.1) is 0 Å². The average Bonchev–Trinajstić information content (AvgIpc) is 2.86. The molecule has 0 spiro atoms. The third-order valence-corrected chi connectivity index (χ3v) is 5.69. The maximum atomic E-state index is 9.03. The van der Waals surface area contributed by atoms with E-state index < -0.39 is 0 Å². The molecule has 3 heteroatoms. The van der Waals surface area contributed by atoms with Gasteiger partial charge in [0.15, 0.2) is 0 Å². The highest BCUT2D eigenvalue weighted by molar-refractivity contribution is 4.88. The topological polar surface area (TPSA) is 49.5 Å². The molecule has 3 nitrogen and oxygen atoms in total. The molecule has 1 saturated carbocycles. The van der Waals surface area contributed by atoms with Crippen LogP contribution in [0.5, 0.6) is 0 Å². The number of aliphatic hydroxyl groups excluding tert-OH is 1. The molecule has 20 heavy (non-hydrogen) atoms. The summed E-state index contributed by atoms with van der Waals surface area (Å²) in [6, 6.07) is 1.11. The molecule has 1 aliphatic heterocycles. The molecule has 1 saturated heterocycles. The molecule has 3 N–H and O–H groups in total. The molecular formula is C17H34N2O. The second-order valence-electron chi connectivity index (χ2n) is 7.40. The highest BCUT2D eigenvalue weighted by Crippen LogP contribution is 2.35. The summed E-state index contributed by atoms with van der Waals surface area (Å²) in [7, 11) is 0. The van der Waals surface area contributed by atoms with Crippen molar-refractivity contribution >= 4 is 0 Å². The first-order valence-electron chi connectivity index (χ1n) is 8.72. The lowest BCUT2D eigenvalue weighted by molar-refractivity contribution is 0.124. The molecule has 0 aromatic carbocycles. The first-order chi connectivity index (χ1) is 9.61. The standard InChI is InChI=1S/C17H34N2O/c1-13(2)14-7-8-17(18)15(11-14)12-19-9-3-5-16(19)6-4-10-20/h13-17,20H,3-12,18H2,1-2H3. The lowest BCUT2D eigenvalue weighted by atomic mass is 9.73. The Bertz CT molecular complexity index is 282. The second kappa shape index (κ2) is 7.77. The van der Waals surface area contributed by atoms with Crippen LogP contribution in [0.25, 0.3) is 0 Å². The van der Waals surface area contributed by atoms with Gasteiger partial charge in [-0.05, 0) is 69.2 Å². The van der Waals surface area contributed by atoms with E-state index >= 15 is 0 Å². The molecule has 0 aromatic heterocycles. The Morgan fingerprint density at radius 3 is 2.75 bits per heavy atom. The van der Waals surface area contributed by atoms with Crippen molar-refractivity contribution in [1.29, 1.82) is 0 Å². The van der Waals surface area contributed by atoms with Gasteiger partial charge in [0.1, 0.15) is 0 Å². The number of likely N-dealkylation sites (tertiary alicyclic amines) is 1. The lowest BCUT2D eigenvalue weighted by Crippen LogP contribution is -2.45. The summed E-state index contributed by atoms with van der Waals surface area (Å²) in [5.74, 6) is 2.36. The van der Waals surface area contributed by atoms with E-state index in [1.165, 1.54) is 45.2 Å². The highest BCUT2D eigenvalue weighted by atomic mass is 16.2. The van der Waals surface area contributed by atoms with E-state index in [0.29, 0.717) is 24.6 Å². The maximum Gasteiger partial charge on any atom is 0.0431 e. The van der Waals surface area contributed by atoms with Gasteiger partial charge >= 0.3 is 0 Å². The molecule has 1 heterocycles. The van der Waals surface area contributed by atoms with Crippen molar-refractivity contribution in [2.24, 2.45) is 23.5 Å². The normalized spacial score (nSPS) is 35.9. The predicted molar refractivity (Wildman–Crippen MR) is 84.6 cm³/mol. The summed E-state index contributed by atoms with van der Waals surface area (Å²) in [5.41, 5.74) is 6.40. The molecule has 4 atom stereocenters. The summed E-state index contributed by atoms with van der Waals surface area (Å²) in [5, 5.41) is 9.03. The average molecular weight is 282 g/mol. The van der Waals surface area contributed by atoms with Gasteiger partial charge in [0, 0.05) is 25.2 Å². The molecular weight excluding hydrogens is 248 g/mol. The second-order valence-corrected chi connectivity index (χ2v) is 7.40. The largest absolute Gasteiger partial charge is 0.396 e. The summed E-state index contributed by atoms with van der Waals surface area (Å²) >= 11 is 0. The Balaban J connectivity index is 1.86. The molecule has 0 bridgehead atoms. The van der Waals surface area contributed by atoms with Gasteiger partial charge in [-0.2, -0.15) is 0 Å². The molecule has 118 valence electrons. The van der Waals surface area contributed by atoms with Gasteiger partial charge in [-0.1, -0.05) is 13.8 Å². The summed E-state index contributed by atoms with van der Waals surface area (Å²) in [6.07, 6.45) is 8.60. The number of hydrogen-bond acceptors (Lipinski definition) is 3. The summed E-state index contributed by atoms with van der Waals surface area (Å²) in [4.78, 5) is 2.67. The fraction of sp³-hybridized carbons (Fsp3) is 1.00. The van der Waals surface area contributed by atoms with Gasteiger partial charge in [0.25, 0.3) is 0 Å². The van der Waals surface area contributed by atoms with Gasteiger partial charge in [0.05, 0.1) is 0 Å². The third kappa shape index (κ3) is 4.19. The minimum atomic E-state index is 0.336. The van der Waals surface area contributed by atoms with Crippen LogP contribution in [-0.2, 0) is 0 Å². The molecule has 2 aliphatic rings. The molecule has 2 rings (SSSR count). The van der Waals surface area contributed by atoms with Crippen LogP contribution in [0.3, 0.4) is 0 Å².